The number of hydrogen-bond donors (Lipinski definition) is 4. The lowest BCUT2D eigenvalue weighted by Gasteiger charge is -2.20. The molecule has 212 valence electrons. The zero-order valence-corrected chi connectivity index (χ0v) is 23.7. The molecular weight excluding hydrogens is 500 g/mol. The third-order valence-electron chi connectivity index (χ3n) is 5.40. The van der Waals surface area contributed by atoms with E-state index in [1.165, 1.54) is 0 Å². The fourth-order valence-corrected chi connectivity index (χ4v) is 5.15. The molecule has 0 radical (unpaired) electrons. The van der Waals surface area contributed by atoms with E-state index in [4.69, 9.17) is 23.5 Å². The highest BCUT2D eigenvalue weighted by Gasteiger charge is 2.28. The van der Waals surface area contributed by atoms with Gasteiger partial charge in [0.2, 0.25) is 0 Å². The number of ether oxygens (including phenoxy) is 4. The van der Waals surface area contributed by atoms with Crippen molar-refractivity contribution in [3.05, 3.63) is 0 Å². The van der Waals surface area contributed by atoms with Crippen LogP contribution in [0, 0.1) is 0 Å². The Morgan fingerprint density at radius 3 is 1.86 bits per heavy atom. The number of aliphatic hydroxyl groups is 1. The van der Waals surface area contributed by atoms with Crippen molar-refractivity contribution < 1.29 is 47.5 Å². The Balaban J connectivity index is 3.47. The molecule has 0 spiro atoms. The quantitative estimate of drug-likeness (QED) is 0.0981. The van der Waals surface area contributed by atoms with Gasteiger partial charge in [-0.3, -0.25) is 9.13 Å². The zero-order chi connectivity index (χ0) is 26.6. The smallest absolute Gasteiger partial charge is 0.330 e. The summed E-state index contributed by atoms with van der Waals surface area (Å²) in [7, 11) is -7.02. The Labute approximate surface area is 211 Å². The van der Waals surface area contributed by atoms with E-state index in [9.17, 15) is 24.0 Å². The lowest BCUT2D eigenvalue weighted by molar-refractivity contribution is -0.0252. The SMILES string of the molecule is CCCCC(C)P(=O)(O)NCCCOCCOCCOCCOCC(O)COP(=O)(O)C(C)CC. The number of aliphatic hydroxyl groups excluding tert-OH is 1. The molecule has 0 aliphatic rings. The molecule has 13 heteroatoms. The second-order valence-corrected chi connectivity index (χ2v) is 13.3. The largest absolute Gasteiger partial charge is 0.388 e. The molecule has 5 unspecified atom stereocenters. The number of rotatable bonds is 25. The molecule has 0 aromatic heterocycles. The van der Waals surface area contributed by atoms with Gasteiger partial charge in [0.1, 0.15) is 6.10 Å². The van der Waals surface area contributed by atoms with Crippen LogP contribution in [0.15, 0.2) is 0 Å². The van der Waals surface area contributed by atoms with Crippen molar-refractivity contribution in [1.29, 1.82) is 0 Å². The molecule has 11 nitrogen and oxygen atoms in total. The minimum absolute atomic E-state index is 0.0129. The van der Waals surface area contributed by atoms with Gasteiger partial charge in [0.25, 0.3) is 7.52 Å². The predicted octanol–water partition coefficient (Wildman–Crippen LogP) is 3.16. The monoisotopic (exact) mass is 549 g/mol. The van der Waals surface area contributed by atoms with Crippen molar-refractivity contribution in [3.63, 3.8) is 0 Å². The molecule has 0 aliphatic carbocycles. The molecule has 0 fully saturated rings. The van der Waals surface area contributed by atoms with Crippen molar-refractivity contribution in [3.8, 4) is 0 Å². The van der Waals surface area contributed by atoms with Crippen LogP contribution in [0.4, 0.5) is 0 Å². The Morgan fingerprint density at radius 1 is 0.771 bits per heavy atom. The Bertz CT molecular complexity index is 599. The summed E-state index contributed by atoms with van der Waals surface area (Å²) in [5.41, 5.74) is -0.711. The molecule has 0 rings (SSSR count). The van der Waals surface area contributed by atoms with Crippen LogP contribution in [0.2, 0.25) is 0 Å². The highest BCUT2D eigenvalue weighted by molar-refractivity contribution is 7.56. The molecule has 0 bridgehead atoms. The first kappa shape index (κ1) is 35.1. The van der Waals surface area contributed by atoms with Crippen LogP contribution in [0.3, 0.4) is 0 Å². The maximum atomic E-state index is 12.2. The third-order valence-corrected chi connectivity index (χ3v) is 9.53. The van der Waals surface area contributed by atoms with Gasteiger partial charge < -0.3 is 38.4 Å². The van der Waals surface area contributed by atoms with Crippen LogP contribution >= 0.6 is 15.1 Å². The maximum Gasteiger partial charge on any atom is 0.330 e. The van der Waals surface area contributed by atoms with E-state index in [1.54, 1.807) is 13.8 Å². The second-order valence-electron chi connectivity index (χ2n) is 8.56. The van der Waals surface area contributed by atoms with E-state index in [0.29, 0.717) is 59.0 Å². The van der Waals surface area contributed by atoms with Crippen LogP contribution in [0.5, 0.6) is 0 Å². The van der Waals surface area contributed by atoms with Crippen LogP contribution in [-0.2, 0) is 32.6 Å². The minimum Gasteiger partial charge on any atom is -0.388 e. The molecule has 0 aromatic rings. The van der Waals surface area contributed by atoms with Gasteiger partial charge >= 0.3 is 7.60 Å². The van der Waals surface area contributed by atoms with E-state index in [2.05, 4.69) is 12.0 Å². The number of unbranched alkanes of at least 4 members (excludes halogenated alkanes) is 1. The van der Waals surface area contributed by atoms with Gasteiger partial charge in [-0.2, -0.15) is 0 Å². The van der Waals surface area contributed by atoms with Crippen molar-refractivity contribution >= 4 is 15.1 Å². The topological polar surface area (TPSA) is 153 Å². The van der Waals surface area contributed by atoms with Crippen LogP contribution < -0.4 is 5.09 Å². The summed E-state index contributed by atoms with van der Waals surface area (Å²) in [6.07, 6.45) is 2.88. The van der Waals surface area contributed by atoms with Gasteiger partial charge in [-0.05, 0) is 19.3 Å². The molecule has 35 heavy (non-hydrogen) atoms. The molecule has 0 aromatic carbocycles. The molecule has 5 atom stereocenters. The molecule has 0 amide bonds. The fourth-order valence-electron chi connectivity index (χ4n) is 2.72. The maximum absolute atomic E-state index is 12.2. The number of hydrogen-bond acceptors (Lipinski definition) is 8. The summed E-state index contributed by atoms with van der Waals surface area (Å²) in [6.45, 7) is 10.2. The summed E-state index contributed by atoms with van der Waals surface area (Å²) in [5, 5.41) is 12.5. The first-order valence-corrected chi connectivity index (χ1v) is 16.0. The van der Waals surface area contributed by atoms with Gasteiger partial charge in [-0.15, -0.1) is 0 Å². The summed E-state index contributed by atoms with van der Waals surface area (Å²) in [5.74, 6) is 0. The Morgan fingerprint density at radius 2 is 1.31 bits per heavy atom. The zero-order valence-electron chi connectivity index (χ0n) is 21.9. The van der Waals surface area contributed by atoms with Gasteiger partial charge in [0, 0.05) is 18.8 Å². The Kier molecular flexibility index (Phi) is 21.1. The van der Waals surface area contributed by atoms with Crippen molar-refractivity contribution in [2.75, 3.05) is 66.0 Å². The molecule has 0 heterocycles. The first-order chi connectivity index (χ1) is 16.6. The highest BCUT2D eigenvalue weighted by Crippen LogP contribution is 2.48. The van der Waals surface area contributed by atoms with E-state index in [0.717, 1.165) is 19.3 Å². The van der Waals surface area contributed by atoms with E-state index in [-0.39, 0.29) is 25.5 Å². The Hall–Kier alpha value is 0.1000. The summed E-state index contributed by atoms with van der Waals surface area (Å²) in [4.78, 5) is 19.7. The average Bonchev–Trinajstić information content (AvgIpc) is 2.82. The van der Waals surface area contributed by atoms with Crippen LogP contribution in [0.1, 0.15) is 59.8 Å². The molecule has 0 aliphatic heterocycles. The lowest BCUT2D eigenvalue weighted by Crippen LogP contribution is -2.23. The normalized spacial score (nSPS) is 18.0. The second kappa shape index (κ2) is 21.1. The van der Waals surface area contributed by atoms with Crippen LogP contribution in [0.25, 0.3) is 0 Å². The first-order valence-electron chi connectivity index (χ1n) is 12.6. The molecule has 0 saturated heterocycles. The minimum atomic E-state index is -3.71. The van der Waals surface area contributed by atoms with Crippen LogP contribution in [-0.4, -0.2) is 98.3 Å². The molecule has 4 N–H and O–H groups in total. The van der Waals surface area contributed by atoms with Crippen molar-refractivity contribution in [1.82, 2.24) is 5.09 Å². The van der Waals surface area contributed by atoms with Crippen molar-refractivity contribution in [2.45, 2.75) is 77.2 Å². The van der Waals surface area contributed by atoms with Gasteiger partial charge in [-0.1, -0.05) is 40.5 Å². The van der Waals surface area contributed by atoms with Gasteiger partial charge in [-0.25, -0.2) is 5.09 Å². The van der Waals surface area contributed by atoms with E-state index in [1.807, 2.05) is 6.92 Å². The predicted molar refractivity (Wildman–Crippen MR) is 136 cm³/mol. The van der Waals surface area contributed by atoms with Gasteiger partial charge in [0.15, 0.2) is 0 Å². The molecule has 0 saturated carbocycles. The summed E-state index contributed by atoms with van der Waals surface area (Å²) in [6, 6.07) is 0. The number of nitrogens with one attached hydrogen (secondary N) is 1. The summed E-state index contributed by atoms with van der Waals surface area (Å²) >= 11 is 0. The van der Waals surface area contributed by atoms with E-state index < -0.39 is 26.9 Å². The third kappa shape index (κ3) is 18.9. The fraction of sp³-hybridized carbons (Fsp3) is 1.00. The lowest BCUT2D eigenvalue weighted by atomic mass is 10.2. The summed E-state index contributed by atoms with van der Waals surface area (Å²) < 4.78 is 50.5. The average molecular weight is 550 g/mol. The van der Waals surface area contributed by atoms with E-state index >= 15 is 0 Å². The molecular formula is C22H49NO10P2. The van der Waals surface area contributed by atoms with Gasteiger partial charge in [0.05, 0.1) is 58.5 Å². The van der Waals surface area contributed by atoms with Crippen molar-refractivity contribution in [2.24, 2.45) is 0 Å². The highest BCUT2D eigenvalue weighted by atomic mass is 31.2. The standard InChI is InChI=1S/C22H49NO10P2/c1-5-7-9-21(4)34(25,26)23-10-8-11-29-12-13-30-14-15-31-16-17-32-18-22(24)19-33-35(27,28)20(3)6-2/h20-22,24H,5-19H2,1-4H3,(H,27,28)(H2,23,25,26).